The smallest absolute Gasteiger partial charge is 0.254 e. The fourth-order valence-electron chi connectivity index (χ4n) is 4.17. The van der Waals surface area contributed by atoms with Gasteiger partial charge in [-0.25, -0.2) is 0 Å². The minimum Gasteiger partial charge on any atom is -0.454 e. The molecule has 0 radical (unpaired) electrons. The van der Waals surface area contributed by atoms with Gasteiger partial charge in [-0.15, -0.1) is 12.4 Å². The number of carbonyl (C=O) groups is 3. The first kappa shape index (κ1) is 22.1. The van der Waals surface area contributed by atoms with Crippen LogP contribution in [0.2, 0.25) is 0 Å². The van der Waals surface area contributed by atoms with Gasteiger partial charge in [0.05, 0.1) is 6.54 Å². The van der Waals surface area contributed by atoms with E-state index in [-0.39, 0.29) is 36.8 Å². The maximum Gasteiger partial charge on any atom is 0.254 e. The summed E-state index contributed by atoms with van der Waals surface area (Å²) in [6.07, 6.45) is 1.10. The van der Waals surface area contributed by atoms with Crippen LogP contribution in [-0.4, -0.2) is 66.9 Å². The fourth-order valence-corrected chi connectivity index (χ4v) is 4.17. The van der Waals surface area contributed by atoms with Gasteiger partial charge in [0.25, 0.3) is 5.91 Å². The molecule has 0 unspecified atom stereocenters. The number of ether oxygens (including phenoxy) is 2. The lowest BCUT2D eigenvalue weighted by atomic mass is 9.98. The number of ketones is 1. The van der Waals surface area contributed by atoms with Crippen LogP contribution in [0.1, 0.15) is 32.7 Å². The summed E-state index contributed by atoms with van der Waals surface area (Å²) < 4.78 is 10.7. The third-order valence-electron chi connectivity index (χ3n) is 5.97. The van der Waals surface area contributed by atoms with E-state index in [1.54, 1.807) is 29.2 Å². The Morgan fingerprint density at radius 3 is 2.47 bits per heavy atom. The number of nitrogens with one attached hydrogen (secondary N) is 1. The molecule has 1 N–H and O–H groups in total. The van der Waals surface area contributed by atoms with E-state index in [4.69, 9.17) is 9.47 Å². The van der Waals surface area contributed by atoms with Crippen LogP contribution in [0.4, 0.5) is 5.69 Å². The summed E-state index contributed by atoms with van der Waals surface area (Å²) in [4.78, 5) is 41.0. The van der Waals surface area contributed by atoms with Crippen LogP contribution in [0.3, 0.4) is 0 Å². The van der Waals surface area contributed by atoms with Gasteiger partial charge in [-0.2, -0.15) is 0 Å². The number of Topliss-reactive ketones (excluding diaryl/α,β-unsaturated/α-hetero) is 1. The van der Waals surface area contributed by atoms with Crippen molar-refractivity contribution in [2.45, 2.75) is 12.8 Å². The number of nitrogens with zero attached hydrogens (tertiary/aromatic N) is 2. The molecule has 1 saturated heterocycles. The SMILES string of the molecule is Cl.O=C1CCc2cc(C(=O)CN3CCN(C(=O)c4ccc5c(c4)OCO5)CC3)ccc2N1. The standard InChI is InChI=1S/C23H23N3O5.ClH/c27-19(16-1-4-18-15(11-16)3-6-22(28)24-18)13-25-7-9-26(10-8-25)23(29)17-2-5-20-21(12-17)31-14-30-20;/h1-2,4-5,11-12H,3,6-10,13-14H2,(H,24,28);1H. The second-order valence-electron chi connectivity index (χ2n) is 7.98. The third-order valence-corrected chi connectivity index (χ3v) is 5.97. The molecule has 2 aromatic rings. The average Bonchev–Trinajstić information content (AvgIpc) is 3.26. The number of benzene rings is 2. The molecular weight excluding hydrogens is 434 g/mol. The highest BCUT2D eigenvalue weighted by molar-refractivity contribution is 6.00. The summed E-state index contributed by atoms with van der Waals surface area (Å²) in [6.45, 7) is 2.91. The van der Waals surface area contributed by atoms with Gasteiger partial charge in [0, 0.05) is 49.4 Å². The molecule has 0 saturated carbocycles. The molecular formula is C23H24ClN3O5. The lowest BCUT2D eigenvalue weighted by Crippen LogP contribution is -2.49. The molecule has 0 bridgehead atoms. The van der Waals surface area contributed by atoms with Crippen LogP contribution >= 0.6 is 12.4 Å². The van der Waals surface area contributed by atoms with Crippen LogP contribution < -0.4 is 14.8 Å². The van der Waals surface area contributed by atoms with Crippen molar-refractivity contribution in [1.29, 1.82) is 0 Å². The van der Waals surface area contributed by atoms with E-state index in [2.05, 4.69) is 10.2 Å². The number of rotatable bonds is 4. The Kier molecular flexibility index (Phi) is 6.34. The van der Waals surface area contributed by atoms with E-state index in [0.29, 0.717) is 68.2 Å². The van der Waals surface area contributed by atoms with Crippen molar-refractivity contribution >= 4 is 35.7 Å². The highest BCUT2D eigenvalue weighted by Crippen LogP contribution is 2.33. The van der Waals surface area contributed by atoms with E-state index in [9.17, 15) is 14.4 Å². The normalized spacial score (nSPS) is 17.2. The van der Waals surface area contributed by atoms with Crippen LogP contribution in [0.15, 0.2) is 36.4 Å². The van der Waals surface area contributed by atoms with Crippen LogP contribution in [0, 0.1) is 0 Å². The van der Waals surface area contributed by atoms with E-state index in [1.807, 2.05) is 12.1 Å². The summed E-state index contributed by atoms with van der Waals surface area (Å²) in [7, 11) is 0. The summed E-state index contributed by atoms with van der Waals surface area (Å²) in [5.41, 5.74) is 3.04. The average molecular weight is 458 g/mol. The molecule has 3 aliphatic rings. The molecule has 3 aliphatic heterocycles. The van der Waals surface area contributed by atoms with E-state index < -0.39 is 0 Å². The van der Waals surface area contributed by atoms with Crippen LogP contribution in [0.5, 0.6) is 11.5 Å². The van der Waals surface area contributed by atoms with Crippen molar-refractivity contribution in [1.82, 2.24) is 9.80 Å². The van der Waals surface area contributed by atoms with Crippen molar-refractivity contribution in [3.8, 4) is 11.5 Å². The minimum atomic E-state index is -0.0407. The number of aryl methyl sites for hydroxylation is 1. The minimum absolute atomic E-state index is 0. The molecule has 1 fully saturated rings. The van der Waals surface area contributed by atoms with Crippen LogP contribution in [-0.2, 0) is 11.2 Å². The molecule has 0 aliphatic carbocycles. The number of hydrogen-bond donors (Lipinski definition) is 1. The number of anilines is 1. The predicted octanol–water partition coefficient (Wildman–Crippen LogP) is 2.36. The summed E-state index contributed by atoms with van der Waals surface area (Å²) in [5.74, 6) is 1.28. The van der Waals surface area contributed by atoms with Crippen molar-refractivity contribution in [2.75, 3.05) is 44.8 Å². The quantitative estimate of drug-likeness (QED) is 0.709. The molecule has 2 aromatic carbocycles. The molecule has 32 heavy (non-hydrogen) atoms. The first-order valence-electron chi connectivity index (χ1n) is 10.4. The number of halogens is 1. The van der Waals surface area contributed by atoms with Gasteiger partial charge in [0.15, 0.2) is 17.3 Å². The topological polar surface area (TPSA) is 88.2 Å². The second-order valence-corrected chi connectivity index (χ2v) is 7.98. The van der Waals surface area contributed by atoms with Gasteiger partial charge < -0.3 is 19.7 Å². The second kappa shape index (κ2) is 9.18. The highest BCUT2D eigenvalue weighted by atomic mass is 35.5. The molecule has 5 rings (SSSR count). The zero-order valence-corrected chi connectivity index (χ0v) is 18.3. The maximum absolute atomic E-state index is 12.8. The first-order chi connectivity index (χ1) is 15.1. The summed E-state index contributed by atoms with van der Waals surface area (Å²) in [6, 6.07) is 10.7. The summed E-state index contributed by atoms with van der Waals surface area (Å²) >= 11 is 0. The number of carbonyl (C=O) groups excluding carboxylic acids is 3. The van der Waals surface area contributed by atoms with Crippen LogP contribution in [0.25, 0.3) is 0 Å². The molecule has 0 aromatic heterocycles. The summed E-state index contributed by atoms with van der Waals surface area (Å²) in [5, 5.41) is 2.84. The zero-order chi connectivity index (χ0) is 21.4. The van der Waals surface area contributed by atoms with Gasteiger partial charge >= 0.3 is 0 Å². The molecule has 3 heterocycles. The monoisotopic (exact) mass is 457 g/mol. The van der Waals surface area contributed by atoms with Gasteiger partial charge in [-0.05, 0) is 48.4 Å². The number of fused-ring (bicyclic) bond motifs is 2. The first-order valence-corrected chi connectivity index (χ1v) is 10.4. The number of hydrogen-bond acceptors (Lipinski definition) is 6. The third kappa shape index (κ3) is 4.42. The lowest BCUT2D eigenvalue weighted by Gasteiger charge is -2.34. The number of amides is 2. The molecule has 0 atom stereocenters. The Morgan fingerprint density at radius 1 is 0.906 bits per heavy atom. The van der Waals surface area contributed by atoms with E-state index in [1.165, 1.54) is 0 Å². The molecule has 0 spiro atoms. The van der Waals surface area contributed by atoms with Crippen molar-refractivity contribution in [3.05, 3.63) is 53.1 Å². The Hall–Kier alpha value is -3.10. The van der Waals surface area contributed by atoms with Gasteiger partial charge in [-0.3, -0.25) is 19.3 Å². The molecule has 8 nitrogen and oxygen atoms in total. The largest absolute Gasteiger partial charge is 0.454 e. The molecule has 9 heteroatoms. The molecule has 2 amide bonds. The Morgan fingerprint density at radius 2 is 1.66 bits per heavy atom. The van der Waals surface area contributed by atoms with Gasteiger partial charge in [0.2, 0.25) is 12.7 Å². The van der Waals surface area contributed by atoms with Crippen molar-refractivity contribution in [2.24, 2.45) is 0 Å². The zero-order valence-electron chi connectivity index (χ0n) is 17.5. The van der Waals surface area contributed by atoms with Crippen molar-refractivity contribution < 1.29 is 23.9 Å². The maximum atomic E-state index is 12.8. The highest BCUT2D eigenvalue weighted by Gasteiger charge is 2.25. The molecule has 168 valence electrons. The predicted molar refractivity (Wildman–Crippen MR) is 120 cm³/mol. The fraction of sp³-hybridized carbons (Fsp3) is 0.348. The Balaban J connectivity index is 0.00000245. The van der Waals surface area contributed by atoms with Gasteiger partial charge in [-0.1, -0.05) is 0 Å². The number of piperazine rings is 1. The van der Waals surface area contributed by atoms with Gasteiger partial charge in [0.1, 0.15) is 0 Å². The Bertz CT molecular complexity index is 1070. The van der Waals surface area contributed by atoms with Crippen molar-refractivity contribution in [3.63, 3.8) is 0 Å². The van der Waals surface area contributed by atoms with E-state index in [0.717, 1.165) is 11.3 Å². The lowest BCUT2D eigenvalue weighted by molar-refractivity contribution is -0.116. The Labute approximate surface area is 191 Å². The van der Waals surface area contributed by atoms with E-state index >= 15 is 0 Å².